The lowest BCUT2D eigenvalue weighted by atomic mass is 9.99. The molecule has 0 fully saturated rings. The zero-order valence-corrected chi connectivity index (χ0v) is 25.4. The summed E-state index contributed by atoms with van der Waals surface area (Å²) in [6, 6.07) is 53.5. The normalized spacial score (nSPS) is 11.9. The summed E-state index contributed by atoms with van der Waals surface area (Å²) in [5.74, 6) is 0. The smallest absolute Gasteiger partial charge is 0.145 e. The molecule has 46 heavy (non-hydrogen) atoms. The summed E-state index contributed by atoms with van der Waals surface area (Å²) in [5, 5.41) is 6.93. The lowest BCUT2D eigenvalue weighted by molar-refractivity contribution is 0.669. The third kappa shape index (κ3) is 3.71. The standard InChI is InChI=1S/C42H25NO2S/c1-2-11-26(12-3-1)28-23-24-34(40-33-15-5-8-19-37(33)45-41(28)40)43(27-21-22-30-29-13-4-7-18-36(29)44-38(30)25-27)35-17-10-16-32-31-14-6-9-20-39(31)46-42(32)35/h1-25H. The van der Waals surface area contributed by atoms with Crippen LogP contribution < -0.4 is 4.90 Å². The van der Waals surface area contributed by atoms with E-state index >= 15 is 0 Å². The third-order valence-electron chi connectivity index (χ3n) is 9.07. The molecule has 0 spiro atoms. The molecule has 3 nitrogen and oxygen atoms in total. The van der Waals surface area contributed by atoms with E-state index in [0.717, 1.165) is 72.1 Å². The predicted octanol–water partition coefficient (Wildman–Crippen LogP) is 13.0. The Hall–Kier alpha value is -5.84. The molecule has 0 unspecified atom stereocenters. The van der Waals surface area contributed by atoms with Crippen molar-refractivity contribution in [2.24, 2.45) is 0 Å². The van der Waals surface area contributed by atoms with Crippen LogP contribution in [0.4, 0.5) is 17.1 Å². The molecular weight excluding hydrogens is 583 g/mol. The number of hydrogen-bond donors (Lipinski definition) is 0. The van der Waals surface area contributed by atoms with Gasteiger partial charge in [-0.1, -0.05) is 97.1 Å². The first kappa shape index (κ1) is 25.5. The maximum absolute atomic E-state index is 6.70. The van der Waals surface area contributed by atoms with Gasteiger partial charge in [0.15, 0.2) is 0 Å². The van der Waals surface area contributed by atoms with Crippen LogP contribution in [-0.4, -0.2) is 0 Å². The lowest BCUT2D eigenvalue weighted by Gasteiger charge is -2.27. The van der Waals surface area contributed by atoms with Crippen LogP contribution in [0.2, 0.25) is 0 Å². The van der Waals surface area contributed by atoms with Crippen molar-refractivity contribution in [3.8, 4) is 11.1 Å². The number of thiophene rings is 1. The second-order valence-corrected chi connectivity index (χ2v) is 12.7. The lowest BCUT2D eigenvalue weighted by Crippen LogP contribution is -2.10. The van der Waals surface area contributed by atoms with Crippen molar-refractivity contribution < 1.29 is 8.83 Å². The van der Waals surface area contributed by atoms with E-state index < -0.39 is 0 Å². The molecule has 0 aliphatic rings. The summed E-state index contributed by atoms with van der Waals surface area (Å²) in [6.07, 6.45) is 0. The molecule has 7 aromatic carbocycles. The fraction of sp³-hybridized carbons (Fsp3) is 0. The van der Waals surface area contributed by atoms with Crippen LogP contribution in [0, 0.1) is 0 Å². The molecule has 0 bridgehead atoms. The van der Waals surface area contributed by atoms with Crippen LogP contribution in [0.25, 0.3) is 75.2 Å². The first-order chi connectivity index (χ1) is 22.8. The molecule has 3 heterocycles. The first-order valence-electron chi connectivity index (χ1n) is 15.4. The van der Waals surface area contributed by atoms with Gasteiger partial charge >= 0.3 is 0 Å². The van der Waals surface area contributed by atoms with E-state index in [1.54, 1.807) is 0 Å². The molecule has 10 rings (SSSR count). The molecule has 216 valence electrons. The first-order valence-corrected chi connectivity index (χ1v) is 16.2. The Balaban J connectivity index is 1.32. The summed E-state index contributed by atoms with van der Waals surface area (Å²) in [6.45, 7) is 0. The Bertz CT molecular complexity index is 2770. The zero-order valence-electron chi connectivity index (χ0n) is 24.6. The molecule has 0 saturated carbocycles. The van der Waals surface area contributed by atoms with Crippen molar-refractivity contribution >= 4 is 92.4 Å². The van der Waals surface area contributed by atoms with Crippen molar-refractivity contribution in [3.63, 3.8) is 0 Å². The number of hydrogen-bond acceptors (Lipinski definition) is 4. The molecule has 0 aliphatic carbocycles. The van der Waals surface area contributed by atoms with Gasteiger partial charge in [-0.2, -0.15) is 0 Å². The van der Waals surface area contributed by atoms with Crippen molar-refractivity contribution in [2.75, 3.05) is 4.90 Å². The molecule has 10 aromatic rings. The van der Waals surface area contributed by atoms with Gasteiger partial charge in [0, 0.05) is 48.9 Å². The van der Waals surface area contributed by atoms with Crippen LogP contribution in [0.1, 0.15) is 0 Å². The summed E-state index contributed by atoms with van der Waals surface area (Å²) in [7, 11) is 0. The number of fused-ring (bicyclic) bond motifs is 9. The van der Waals surface area contributed by atoms with Gasteiger partial charge in [-0.25, -0.2) is 0 Å². The number of rotatable bonds is 4. The third-order valence-corrected chi connectivity index (χ3v) is 10.3. The average molecular weight is 608 g/mol. The summed E-state index contributed by atoms with van der Waals surface area (Å²) in [5.41, 5.74) is 8.90. The minimum atomic E-state index is 0.862. The number of furan rings is 2. The highest BCUT2D eigenvalue weighted by Crippen LogP contribution is 2.50. The van der Waals surface area contributed by atoms with Gasteiger partial charge in [0.05, 0.1) is 21.5 Å². The monoisotopic (exact) mass is 607 g/mol. The Labute approximate surface area is 268 Å². The topological polar surface area (TPSA) is 29.5 Å². The van der Waals surface area contributed by atoms with Gasteiger partial charge in [0.1, 0.15) is 22.3 Å². The van der Waals surface area contributed by atoms with Crippen molar-refractivity contribution in [2.45, 2.75) is 0 Å². The molecule has 0 radical (unpaired) electrons. The van der Waals surface area contributed by atoms with E-state index in [1.165, 1.54) is 20.2 Å². The number of anilines is 3. The van der Waals surface area contributed by atoms with Gasteiger partial charge in [-0.05, 0) is 54.1 Å². The molecule has 0 aliphatic heterocycles. The summed E-state index contributed by atoms with van der Waals surface area (Å²) in [4.78, 5) is 2.39. The zero-order chi connectivity index (χ0) is 30.2. The Morgan fingerprint density at radius 2 is 1.15 bits per heavy atom. The van der Waals surface area contributed by atoms with Gasteiger partial charge in [-0.3, -0.25) is 0 Å². The number of nitrogens with zero attached hydrogens (tertiary/aromatic N) is 1. The second kappa shape index (κ2) is 9.83. The Kier molecular flexibility index (Phi) is 5.45. The predicted molar refractivity (Wildman–Crippen MR) is 194 cm³/mol. The van der Waals surface area contributed by atoms with E-state index in [9.17, 15) is 0 Å². The average Bonchev–Trinajstić information content (AvgIpc) is 3.80. The fourth-order valence-corrected chi connectivity index (χ4v) is 8.22. The van der Waals surface area contributed by atoms with Gasteiger partial charge in [0.2, 0.25) is 0 Å². The van der Waals surface area contributed by atoms with Gasteiger partial charge in [-0.15, -0.1) is 11.3 Å². The van der Waals surface area contributed by atoms with Crippen LogP contribution in [0.5, 0.6) is 0 Å². The fourth-order valence-electron chi connectivity index (χ4n) is 7.01. The maximum atomic E-state index is 6.70. The molecule has 4 heteroatoms. The van der Waals surface area contributed by atoms with Crippen LogP contribution in [-0.2, 0) is 0 Å². The van der Waals surface area contributed by atoms with Crippen molar-refractivity contribution in [1.29, 1.82) is 0 Å². The highest BCUT2D eigenvalue weighted by molar-refractivity contribution is 7.26. The molecule has 0 amide bonds. The van der Waals surface area contributed by atoms with E-state index in [0.29, 0.717) is 0 Å². The highest BCUT2D eigenvalue weighted by atomic mass is 32.1. The van der Waals surface area contributed by atoms with Gasteiger partial charge in [0.25, 0.3) is 0 Å². The summed E-state index contributed by atoms with van der Waals surface area (Å²) >= 11 is 1.84. The Morgan fingerprint density at radius 3 is 2.02 bits per heavy atom. The minimum absolute atomic E-state index is 0.862. The van der Waals surface area contributed by atoms with E-state index in [4.69, 9.17) is 8.83 Å². The van der Waals surface area contributed by atoms with E-state index in [1.807, 2.05) is 29.5 Å². The minimum Gasteiger partial charge on any atom is -0.456 e. The molecule has 0 N–H and O–H groups in total. The molecular formula is C42H25NO2S. The molecule has 3 aromatic heterocycles. The van der Waals surface area contributed by atoms with Crippen LogP contribution in [0.15, 0.2) is 160 Å². The SMILES string of the molecule is c1ccc(-c2ccc(N(c3ccc4c(c3)oc3ccccc34)c3cccc4c3sc3ccccc34)c3c2oc2ccccc23)cc1. The number of para-hydroxylation sites is 2. The number of benzene rings is 7. The van der Waals surface area contributed by atoms with Crippen LogP contribution >= 0.6 is 11.3 Å². The van der Waals surface area contributed by atoms with Crippen LogP contribution in [0.3, 0.4) is 0 Å². The maximum Gasteiger partial charge on any atom is 0.145 e. The van der Waals surface area contributed by atoms with Crippen molar-refractivity contribution in [3.05, 3.63) is 152 Å². The largest absolute Gasteiger partial charge is 0.456 e. The highest BCUT2D eigenvalue weighted by Gasteiger charge is 2.24. The van der Waals surface area contributed by atoms with Crippen molar-refractivity contribution in [1.82, 2.24) is 0 Å². The van der Waals surface area contributed by atoms with E-state index in [2.05, 4.69) is 138 Å². The summed E-state index contributed by atoms with van der Waals surface area (Å²) < 4.78 is 15.6. The Morgan fingerprint density at radius 1 is 0.457 bits per heavy atom. The van der Waals surface area contributed by atoms with E-state index in [-0.39, 0.29) is 0 Å². The molecule has 0 saturated heterocycles. The molecule has 0 atom stereocenters. The van der Waals surface area contributed by atoms with Gasteiger partial charge < -0.3 is 13.7 Å². The quantitative estimate of drug-likeness (QED) is 0.199. The second-order valence-electron chi connectivity index (χ2n) is 11.7.